The van der Waals surface area contributed by atoms with E-state index in [1.165, 1.54) is 29.7 Å². The summed E-state index contributed by atoms with van der Waals surface area (Å²) in [6.07, 6.45) is 3.08. The molecule has 0 spiro atoms. The van der Waals surface area contributed by atoms with Crippen molar-refractivity contribution in [3.63, 3.8) is 0 Å². The molecule has 0 bridgehead atoms. The van der Waals surface area contributed by atoms with Crippen LogP contribution in [0, 0.1) is 5.82 Å². The Labute approximate surface area is 179 Å². The second-order valence-corrected chi connectivity index (χ2v) is 8.54. The van der Waals surface area contributed by atoms with E-state index in [2.05, 4.69) is 31.5 Å². The summed E-state index contributed by atoms with van der Waals surface area (Å²) in [6, 6.07) is 10.5. The molecule has 9 heteroatoms. The van der Waals surface area contributed by atoms with Gasteiger partial charge in [-0.15, -0.1) is 11.3 Å². The van der Waals surface area contributed by atoms with Gasteiger partial charge in [0.05, 0.1) is 14.9 Å². The van der Waals surface area contributed by atoms with E-state index in [9.17, 15) is 14.0 Å². The summed E-state index contributed by atoms with van der Waals surface area (Å²) in [7, 11) is 0. The van der Waals surface area contributed by atoms with Crippen LogP contribution in [-0.4, -0.2) is 22.8 Å². The Bertz CT molecular complexity index is 1010. The van der Waals surface area contributed by atoms with Gasteiger partial charge in [0.25, 0.3) is 5.91 Å². The molecule has 1 unspecified atom stereocenters. The Morgan fingerprint density at radius 1 is 1.28 bits per heavy atom. The van der Waals surface area contributed by atoms with E-state index in [-0.39, 0.29) is 24.1 Å². The summed E-state index contributed by atoms with van der Waals surface area (Å²) in [6.45, 7) is 1.70. The number of halogens is 2. The third kappa shape index (κ3) is 5.85. The Balaban J connectivity index is 1.53. The standard InChI is InChI=1S/C20H17BrFN3O3S/c1-12(25-20(27)17-6-7-18(21)29-17)19(26)24-10-13-4-5-16(15(22)9-13)28-14-3-2-8-23-11-14/h2-9,11-12H,10H2,1H3,(H,24,26)(H,25,27). The predicted molar refractivity (Wildman–Crippen MR) is 112 cm³/mol. The lowest BCUT2D eigenvalue weighted by Gasteiger charge is -2.14. The first-order valence-electron chi connectivity index (χ1n) is 8.62. The van der Waals surface area contributed by atoms with E-state index < -0.39 is 11.9 Å². The van der Waals surface area contributed by atoms with E-state index in [0.717, 1.165) is 3.79 Å². The van der Waals surface area contributed by atoms with Crippen LogP contribution in [0.1, 0.15) is 22.2 Å². The quantitative estimate of drug-likeness (QED) is 0.532. The second kappa shape index (κ2) is 9.62. The molecule has 0 saturated carbocycles. The number of hydrogen-bond donors (Lipinski definition) is 2. The van der Waals surface area contributed by atoms with Crippen molar-refractivity contribution in [1.82, 2.24) is 15.6 Å². The molecule has 1 atom stereocenters. The molecule has 1 aromatic carbocycles. The monoisotopic (exact) mass is 477 g/mol. The topological polar surface area (TPSA) is 80.3 Å². The molecule has 6 nitrogen and oxygen atoms in total. The number of amides is 2. The molecule has 0 aliphatic heterocycles. The summed E-state index contributed by atoms with van der Waals surface area (Å²) in [5.74, 6) is -0.757. The van der Waals surface area contributed by atoms with Crippen molar-refractivity contribution in [3.8, 4) is 11.5 Å². The number of ether oxygens (including phenoxy) is 1. The lowest BCUT2D eigenvalue weighted by atomic mass is 10.2. The molecule has 3 aromatic rings. The summed E-state index contributed by atoms with van der Waals surface area (Å²) in [5.41, 5.74) is 0.565. The van der Waals surface area contributed by atoms with Crippen LogP contribution in [-0.2, 0) is 11.3 Å². The van der Waals surface area contributed by atoms with Gasteiger partial charge in [-0.25, -0.2) is 4.39 Å². The highest BCUT2D eigenvalue weighted by Crippen LogP contribution is 2.24. The highest BCUT2D eigenvalue weighted by atomic mass is 79.9. The number of nitrogens with one attached hydrogen (secondary N) is 2. The Morgan fingerprint density at radius 2 is 2.10 bits per heavy atom. The summed E-state index contributed by atoms with van der Waals surface area (Å²) in [5, 5.41) is 5.31. The van der Waals surface area contributed by atoms with Gasteiger partial charge in [0.15, 0.2) is 11.6 Å². The minimum absolute atomic E-state index is 0.0656. The first-order chi connectivity index (χ1) is 13.9. The van der Waals surface area contributed by atoms with Crippen molar-refractivity contribution in [2.45, 2.75) is 19.5 Å². The molecule has 0 aliphatic carbocycles. The number of hydrogen-bond acceptors (Lipinski definition) is 5. The fraction of sp³-hybridized carbons (Fsp3) is 0.150. The number of nitrogens with zero attached hydrogens (tertiary/aromatic N) is 1. The predicted octanol–water partition coefficient (Wildman–Crippen LogP) is 4.27. The fourth-order valence-corrected chi connectivity index (χ4v) is 3.67. The molecule has 29 heavy (non-hydrogen) atoms. The Hall–Kier alpha value is -2.78. The van der Waals surface area contributed by atoms with Gasteiger partial charge < -0.3 is 15.4 Å². The lowest BCUT2D eigenvalue weighted by molar-refractivity contribution is -0.122. The maximum absolute atomic E-state index is 14.3. The molecule has 150 valence electrons. The third-order valence-electron chi connectivity index (χ3n) is 3.86. The van der Waals surface area contributed by atoms with Gasteiger partial charge in [-0.2, -0.15) is 0 Å². The molecular weight excluding hydrogens is 461 g/mol. The van der Waals surface area contributed by atoms with Gasteiger partial charge in [0, 0.05) is 12.7 Å². The molecule has 0 saturated heterocycles. The summed E-state index contributed by atoms with van der Waals surface area (Å²) < 4.78 is 20.5. The number of aromatic nitrogens is 1. The number of thiophene rings is 1. The third-order valence-corrected chi connectivity index (χ3v) is 5.49. The van der Waals surface area contributed by atoms with Crippen LogP contribution in [0.2, 0.25) is 0 Å². The smallest absolute Gasteiger partial charge is 0.262 e. The highest BCUT2D eigenvalue weighted by molar-refractivity contribution is 9.11. The minimum atomic E-state index is -0.735. The summed E-state index contributed by atoms with van der Waals surface area (Å²) >= 11 is 4.57. The SMILES string of the molecule is CC(NC(=O)c1ccc(Br)s1)C(=O)NCc1ccc(Oc2cccnc2)c(F)c1. The summed E-state index contributed by atoms with van der Waals surface area (Å²) in [4.78, 5) is 28.7. The van der Waals surface area contributed by atoms with Gasteiger partial charge in [-0.3, -0.25) is 14.6 Å². The zero-order chi connectivity index (χ0) is 20.8. The molecule has 2 N–H and O–H groups in total. The van der Waals surface area contributed by atoms with Crippen molar-refractivity contribution in [1.29, 1.82) is 0 Å². The van der Waals surface area contributed by atoms with Gasteiger partial charge >= 0.3 is 0 Å². The van der Waals surface area contributed by atoms with Crippen LogP contribution in [0.5, 0.6) is 11.5 Å². The van der Waals surface area contributed by atoms with Crippen LogP contribution in [0.4, 0.5) is 4.39 Å². The number of carbonyl (C=O) groups is 2. The van der Waals surface area contributed by atoms with Crippen LogP contribution in [0.3, 0.4) is 0 Å². The Kier molecular flexibility index (Phi) is 6.95. The molecule has 0 fully saturated rings. The van der Waals surface area contributed by atoms with Gasteiger partial charge in [-0.05, 0) is 64.8 Å². The lowest BCUT2D eigenvalue weighted by Crippen LogP contribution is -2.44. The zero-order valence-corrected chi connectivity index (χ0v) is 17.7. The maximum Gasteiger partial charge on any atom is 0.262 e. The van der Waals surface area contributed by atoms with Crippen LogP contribution >= 0.6 is 27.3 Å². The van der Waals surface area contributed by atoms with Crippen molar-refractivity contribution in [2.75, 3.05) is 0 Å². The van der Waals surface area contributed by atoms with Gasteiger partial charge in [0.1, 0.15) is 11.8 Å². The van der Waals surface area contributed by atoms with Crippen LogP contribution < -0.4 is 15.4 Å². The zero-order valence-electron chi connectivity index (χ0n) is 15.3. The second-order valence-electron chi connectivity index (χ2n) is 6.07. The van der Waals surface area contributed by atoms with E-state index in [0.29, 0.717) is 16.2 Å². The molecule has 0 radical (unpaired) electrons. The van der Waals surface area contributed by atoms with Crippen molar-refractivity contribution in [2.24, 2.45) is 0 Å². The van der Waals surface area contributed by atoms with E-state index in [1.807, 2.05) is 0 Å². The first kappa shape index (κ1) is 20.9. The average molecular weight is 478 g/mol. The number of pyridine rings is 1. The Morgan fingerprint density at radius 3 is 2.76 bits per heavy atom. The number of carbonyl (C=O) groups excluding carboxylic acids is 2. The van der Waals surface area contributed by atoms with Crippen LogP contribution in [0.15, 0.2) is 58.6 Å². The number of benzene rings is 1. The largest absolute Gasteiger partial charge is 0.453 e. The molecular formula is C20H17BrFN3O3S. The first-order valence-corrected chi connectivity index (χ1v) is 10.2. The van der Waals surface area contributed by atoms with Crippen molar-refractivity contribution >= 4 is 39.1 Å². The fourth-order valence-electron chi connectivity index (χ4n) is 2.38. The van der Waals surface area contributed by atoms with Crippen molar-refractivity contribution < 1.29 is 18.7 Å². The highest BCUT2D eigenvalue weighted by Gasteiger charge is 2.17. The van der Waals surface area contributed by atoms with E-state index in [4.69, 9.17) is 4.74 Å². The number of rotatable bonds is 7. The minimum Gasteiger partial charge on any atom is -0.453 e. The normalized spacial score (nSPS) is 11.6. The molecule has 2 heterocycles. The maximum atomic E-state index is 14.3. The van der Waals surface area contributed by atoms with E-state index in [1.54, 1.807) is 43.5 Å². The molecule has 2 aromatic heterocycles. The van der Waals surface area contributed by atoms with Crippen LogP contribution in [0.25, 0.3) is 0 Å². The van der Waals surface area contributed by atoms with Gasteiger partial charge in [-0.1, -0.05) is 6.07 Å². The van der Waals surface area contributed by atoms with Crippen molar-refractivity contribution in [3.05, 3.63) is 74.9 Å². The molecule has 3 rings (SSSR count). The average Bonchev–Trinajstić information content (AvgIpc) is 3.15. The van der Waals surface area contributed by atoms with Gasteiger partial charge in [0.2, 0.25) is 5.91 Å². The molecule has 0 aliphatic rings. The van der Waals surface area contributed by atoms with E-state index >= 15 is 0 Å². The molecule has 2 amide bonds.